The number of carboxylic acid groups (broad SMARTS) is 1. The van der Waals surface area contributed by atoms with Gasteiger partial charge in [0.15, 0.2) is 6.29 Å². The molecule has 1 heterocycles. The first-order chi connectivity index (χ1) is 10.2. The predicted molar refractivity (Wildman–Crippen MR) is 77.4 cm³/mol. The summed E-state index contributed by atoms with van der Waals surface area (Å²) in [6.07, 6.45) is 2.54. The Morgan fingerprint density at radius 2 is 2.10 bits per heavy atom. The van der Waals surface area contributed by atoms with Crippen LogP contribution in [0.3, 0.4) is 0 Å². The van der Waals surface area contributed by atoms with E-state index in [-0.39, 0.29) is 11.7 Å². The van der Waals surface area contributed by atoms with Crippen LogP contribution in [-0.2, 0) is 21.3 Å². The topological polar surface area (TPSA) is 67.8 Å². The molecule has 1 aromatic carbocycles. The van der Waals surface area contributed by atoms with Gasteiger partial charge in [0, 0.05) is 12.0 Å². The Labute approximate surface area is 124 Å². The number of hydrogen-bond acceptors (Lipinski definition) is 3. The summed E-state index contributed by atoms with van der Waals surface area (Å²) in [7, 11) is 0. The van der Waals surface area contributed by atoms with E-state index in [0.717, 1.165) is 25.7 Å². The smallest absolute Gasteiger partial charge is 0.404 e. The maximum atomic E-state index is 10.9. The van der Waals surface area contributed by atoms with Gasteiger partial charge in [-0.05, 0) is 36.8 Å². The third-order valence-electron chi connectivity index (χ3n) is 4.59. The van der Waals surface area contributed by atoms with Crippen LogP contribution < -0.4 is 5.32 Å². The zero-order chi connectivity index (χ0) is 14.7. The third kappa shape index (κ3) is 3.04. The Morgan fingerprint density at radius 3 is 2.86 bits per heavy atom. The van der Waals surface area contributed by atoms with Crippen molar-refractivity contribution in [2.75, 3.05) is 19.8 Å². The van der Waals surface area contributed by atoms with Crippen molar-refractivity contribution < 1.29 is 19.4 Å². The normalized spacial score (nSPS) is 25.0. The molecule has 0 aromatic heterocycles. The highest BCUT2D eigenvalue weighted by Gasteiger charge is 2.39. The van der Waals surface area contributed by atoms with Crippen molar-refractivity contribution in [2.24, 2.45) is 0 Å². The van der Waals surface area contributed by atoms with Crippen molar-refractivity contribution in [3.63, 3.8) is 0 Å². The Balaban J connectivity index is 1.76. The highest BCUT2D eigenvalue weighted by atomic mass is 16.7. The Bertz CT molecular complexity index is 513. The number of fused-ring (bicyclic) bond motifs is 1. The third-order valence-corrected chi connectivity index (χ3v) is 4.59. The molecular formula is C16H21NO4. The molecule has 5 nitrogen and oxygen atoms in total. The van der Waals surface area contributed by atoms with Crippen LogP contribution in [0.15, 0.2) is 24.3 Å². The number of ether oxygens (including phenoxy) is 2. The van der Waals surface area contributed by atoms with Crippen LogP contribution in [0.4, 0.5) is 4.79 Å². The number of aryl methyl sites for hydroxylation is 1. The number of amides is 1. The van der Waals surface area contributed by atoms with Gasteiger partial charge >= 0.3 is 6.09 Å². The number of benzene rings is 1. The van der Waals surface area contributed by atoms with E-state index >= 15 is 0 Å². The highest BCUT2D eigenvalue weighted by molar-refractivity contribution is 5.64. The van der Waals surface area contributed by atoms with Gasteiger partial charge in [-0.15, -0.1) is 0 Å². The predicted octanol–water partition coefficient (Wildman–Crippen LogP) is 2.29. The van der Waals surface area contributed by atoms with E-state index in [2.05, 4.69) is 17.4 Å². The molecule has 1 aliphatic heterocycles. The molecule has 0 radical (unpaired) electrons. The van der Waals surface area contributed by atoms with Crippen LogP contribution in [0.2, 0.25) is 0 Å². The second kappa shape index (κ2) is 6.03. The molecule has 1 atom stereocenters. The minimum Gasteiger partial charge on any atom is -0.465 e. The first-order valence-electron chi connectivity index (χ1n) is 7.48. The number of rotatable bonds is 5. The molecule has 1 aromatic rings. The molecule has 0 bridgehead atoms. The lowest BCUT2D eigenvalue weighted by atomic mass is 9.77. The van der Waals surface area contributed by atoms with Crippen molar-refractivity contribution in [1.82, 2.24) is 5.32 Å². The van der Waals surface area contributed by atoms with Gasteiger partial charge in [-0.1, -0.05) is 24.3 Å². The first-order valence-corrected chi connectivity index (χ1v) is 7.48. The molecule has 1 saturated heterocycles. The van der Waals surface area contributed by atoms with Gasteiger partial charge in [-0.3, -0.25) is 0 Å². The van der Waals surface area contributed by atoms with Crippen LogP contribution in [0, 0.1) is 0 Å². The summed E-state index contributed by atoms with van der Waals surface area (Å²) in [5, 5.41) is 11.5. The molecule has 1 unspecified atom stereocenters. The molecule has 1 amide bonds. The van der Waals surface area contributed by atoms with Gasteiger partial charge in [0.1, 0.15) is 0 Å². The maximum absolute atomic E-state index is 10.9. The quantitative estimate of drug-likeness (QED) is 0.873. The fourth-order valence-electron chi connectivity index (χ4n) is 3.51. The molecule has 3 rings (SSSR count). The largest absolute Gasteiger partial charge is 0.465 e. The van der Waals surface area contributed by atoms with Crippen molar-refractivity contribution in [3.8, 4) is 0 Å². The maximum Gasteiger partial charge on any atom is 0.404 e. The van der Waals surface area contributed by atoms with Gasteiger partial charge in [0.2, 0.25) is 0 Å². The summed E-state index contributed by atoms with van der Waals surface area (Å²) in [6, 6.07) is 8.34. The zero-order valence-corrected chi connectivity index (χ0v) is 12.0. The second-order valence-corrected chi connectivity index (χ2v) is 5.81. The zero-order valence-electron chi connectivity index (χ0n) is 12.0. The summed E-state index contributed by atoms with van der Waals surface area (Å²) in [4.78, 5) is 10.9. The lowest BCUT2D eigenvalue weighted by molar-refractivity contribution is -0.0513. The molecule has 0 spiro atoms. The standard InChI is InChI=1S/C16H21NO4/c18-15(19)17-11-16(8-6-14-20-9-10-21-14)7-5-12-3-1-2-4-13(12)16/h1-4,14,17H,5-11H2,(H,18,19). The van der Waals surface area contributed by atoms with Gasteiger partial charge in [0.25, 0.3) is 0 Å². The SMILES string of the molecule is O=C(O)NCC1(CCC2OCCO2)CCc2ccccc21. The minimum atomic E-state index is -0.966. The Hall–Kier alpha value is -1.59. The molecule has 21 heavy (non-hydrogen) atoms. The van der Waals surface area contributed by atoms with Crippen molar-refractivity contribution in [2.45, 2.75) is 37.4 Å². The van der Waals surface area contributed by atoms with E-state index < -0.39 is 6.09 Å². The van der Waals surface area contributed by atoms with E-state index in [0.29, 0.717) is 19.8 Å². The summed E-state index contributed by atoms with van der Waals surface area (Å²) in [6.45, 7) is 1.76. The minimum absolute atomic E-state index is 0.135. The first kappa shape index (κ1) is 14.4. The van der Waals surface area contributed by atoms with Gasteiger partial charge in [0.05, 0.1) is 13.2 Å². The summed E-state index contributed by atoms with van der Waals surface area (Å²) in [5.41, 5.74) is 2.47. The van der Waals surface area contributed by atoms with Crippen molar-refractivity contribution >= 4 is 6.09 Å². The molecular weight excluding hydrogens is 270 g/mol. The molecule has 5 heteroatoms. The summed E-state index contributed by atoms with van der Waals surface area (Å²) >= 11 is 0. The van der Waals surface area contributed by atoms with Gasteiger partial charge in [-0.2, -0.15) is 0 Å². The highest BCUT2D eigenvalue weighted by Crippen LogP contribution is 2.42. The van der Waals surface area contributed by atoms with Gasteiger partial charge < -0.3 is 19.9 Å². The fraction of sp³-hybridized carbons (Fsp3) is 0.562. The monoisotopic (exact) mass is 291 g/mol. The van der Waals surface area contributed by atoms with Gasteiger partial charge in [-0.25, -0.2) is 4.79 Å². The molecule has 1 fully saturated rings. The summed E-state index contributed by atoms with van der Waals surface area (Å²) in [5.74, 6) is 0. The number of carbonyl (C=O) groups is 1. The average molecular weight is 291 g/mol. The van der Waals surface area contributed by atoms with E-state index in [4.69, 9.17) is 14.6 Å². The van der Waals surface area contributed by atoms with E-state index in [1.165, 1.54) is 11.1 Å². The van der Waals surface area contributed by atoms with Crippen LogP contribution in [0.5, 0.6) is 0 Å². The van der Waals surface area contributed by atoms with Crippen LogP contribution >= 0.6 is 0 Å². The van der Waals surface area contributed by atoms with Crippen molar-refractivity contribution in [3.05, 3.63) is 35.4 Å². The number of nitrogens with one attached hydrogen (secondary N) is 1. The lowest BCUT2D eigenvalue weighted by Crippen LogP contribution is -2.39. The fourth-order valence-corrected chi connectivity index (χ4v) is 3.51. The van der Waals surface area contributed by atoms with Crippen LogP contribution in [0.1, 0.15) is 30.4 Å². The molecule has 2 aliphatic rings. The average Bonchev–Trinajstić information content (AvgIpc) is 3.12. The Morgan fingerprint density at radius 1 is 1.33 bits per heavy atom. The lowest BCUT2D eigenvalue weighted by Gasteiger charge is -2.31. The Kier molecular flexibility index (Phi) is 4.12. The summed E-state index contributed by atoms with van der Waals surface area (Å²) < 4.78 is 11.0. The van der Waals surface area contributed by atoms with Crippen molar-refractivity contribution in [1.29, 1.82) is 0 Å². The van der Waals surface area contributed by atoms with E-state index in [1.807, 2.05) is 12.1 Å². The molecule has 0 saturated carbocycles. The second-order valence-electron chi connectivity index (χ2n) is 5.81. The molecule has 2 N–H and O–H groups in total. The van der Waals surface area contributed by atoms with E-state index in [9.17, 15) is 4.79 Å². The molecule has 114 valence electrons. The molecule has 1 aliphatic carbocycles. The van der Waals surface area contributed by atoms with Crippen LogP contribution in [-0.4, -0.2) is 37.2 Å². The van der Waals surface area contributed by atoms with E-state index in [1.54, 1.807) is 0 Å². The number of hydrogen-bond donors (Lipinski definition) is 2. The van der Waals surface area contributed by atoms with Crippen LogP contribution in [0.25, 0.3) is 0 Å².